The number of benzene rings is 3. The highest BCUT2D eigenvalue weighted by Gasteiger charge is 2.32. The minimum atomic E-state index is -4.59. The van der Waals surface area contributed by atoms with Crippen molar-refractivity contribution in [1.29, 1.82) is 0 Å². The van der Waals surface area contributed by atoms with E-state index in [1.165, 1.54) is 24.3 Å². The molecule has 184 valence electrons. The van der Waals surface area contributed by atoms with Crippen LogP contribution in [-0.4, -0.2) is 12.4 Å². The number of aromatic nitrogens is 1. The van der Waals surface area contributed by atoms with Crippen molar-refractivity contribution in [3.05, 3.63) is 99.4 Å². The van der Waals surface area contributed by atoms with E-state index in [4.69, 9.17) is 0 Å². The molecule has 3 aromatic carbocycles. The number of hydrogen-bond donors (Lipinski definition) is 0. The van der Waals surface area contributed by atoms with E-state index in [0.29, 0.717) is 4.47 Å². The lowest BCUT2D eigenvalue weighted by atomic mass is 9.87. The van der Waals surface area contributed by atoms with Crippen LogP contribution in [0.2, 0.25) is 0 Å². The van der Waals surface area contributed by atoms with Gasteiger partial charge in [0.25, 0.3) is 10.0 Å². The Kier molecular flexibility index (Phi) is 6.38. The third kappa shape index (κ3) is 5.02. The van der Waals surface area contributed by atoms with E-state index in [9.17, 15) is 26.0 Å². The van der Waals surface area contributed by atoms with Crippen molar-refractivity contribution in [2.45, 2.75) is 43.7 Å². The van der Waals surface area contributed by atoms with Gasteiger partial charge in [-0.25, -0.2) is 16.8 Å². The second kappa shape index (κ2) is 8.78. The molecule has 0 atom stereocenters. The van der Waals surface area contributed by atoms with E-state index in [1.807, 2.05) is 26.8 Å². The minimum Gasteiger partial charge on any atom is -0.238 e. The van der Waals surface area contributed by atoms with Gasteiger partial charge in [-0.15, -0.1) is 0 Å². The summed E-state index contributed by atoms with van der Waals surface area (Å²) >= 11 is 3.19. The number of rotatable bonds is 4. The molecule has 4 aromatic rings. The highest BCUT2D eigenvalue weighted by atomic mass is 79.9. The van der Waals surface area contributed by atoms with Gasteiger partial charge < -0.3 is 0 Å². The van der Waals surface area contributed by atoms with Crippen LogP contribution in [0.4, 0.5) is 17.6 Å². The van der Waals surface area contributed by atoms with Crippen molar-refractivity contribution in [2.24, 2.45) is 0 Å². The highest BCUT2D eigenvalue weighted by molar-refractivity contribution is 9.10. The fraction of sp³-hybridized carbons (Fsp3) is 0.231. The summed E-state index contributed by atoms with van der Waals surface area (Å²) in [5.74, 6) is -0.556. The number of fused-ring (bicyclic) bond motifs is 1. The first-order chi connectivity index (χ1) is 16.2. The van der Waals surface area contributed by atoms with Gasteiger partial charge in [0.05, 0.1) is 16.0 Å². The van der Waals surface area contributed by atoms with Crippen molar-refractivity contribution < 1.29 is 26.0 Å². The van der Waals surface area contributed by atoms with E-state index in [2.05, 4.69) is 15.9 Å². The van der Waals surface area contributed by atoms with Gasteiger partial charge in [-0.05, 0) is 65.1 Å². The summed E-state index contributed by atoms with van der Waals surface area (Å²) in [5.41, 5.74) is 0.0285. The van der Waals surface area contributed by atoms with Crippen molar-refractivity contribution in [1.82, 2.24) is 3.97 Å². The summed E-state index contributed by atoms with van der Waals surface area (Å²) < 4.78 is 83.9. The molecule has 0 aliphatic carbocycles. The van der Waals surface area contributed by atoms with E-state index in [-0.39, 0.29) is 38.9 Å². The average Bonchev–Trinajstić information content (AvgIpc) is 3.12. The normalized spacial score (nSPS) is 12.9. The SMILES string of the molecule is CC(C)(C)c1cccc(S(=O)(=O)n2c(Cc3ccc(Br)cc3F)cc3cc(C(F)(F)F)ccc32)c1. The van der Waals surface area contributed by atoms with Crippen LogP contribution in [0.25, 0.3) is 10.9 Å². The second-order valence-electron chi connectivity index (χ2n) is 9.37. The first-order valence-corrected chi connectivity index (χ1v) is 12.9. The lowest BCUT2D eigenvalue weighted by Crippen LogP contribution is -2.18. The molecule has 0 fully saturated rings. The Bertz CT molecular complexity index is 1530. The zero-order chi connectivity index (χ0) is 25.8. The lowest BCUT2D eigenvalue weighted by Gasteiger charge is -2.20. The van der Waals surface area contributed by atoms with Gasteiger partial charge in [-0.3, -0.25) is 0 Å². The summed E-state index contributed by atoms with van der Waals surface area (Å²) in [6.07, 6.45) is -4.72. The third-order valence-electron chi connectivity index (χ3n) is 5.78. The van der Waals surface area contributed by atoms with E-state index in [1.54, 1.807) is 18.2 Å². The van der Waals surface area contributed by atoms with Gasteiger partial charge in [-0.2, -0.15) is 13.2 Å². The fourth-order valence-corrected chi connectivity index (χ4v) is 5.84. The lowest BCUT2D eigenvalue weighted by molar-refractivity contribution is -0.137. The molecule has 0 N–H and O–H groups in total. The molecular formula is C26H22BrF4NO2S. The zero-order valence-corrected chi connectivity index (χ0v) is 21.5. The van der Waals surface area contributed by atoms with E-state index in [0.717, 1.165) is 27.7 Å². The van der Waals surface area contributed by atoms with Crippen molar-refractivity contribution in [2.75, 3.05) is 0 Å². The van der Waals surface area contributed by atoms with Crippen molar-refractivity contribution >= 4 is 36.9 Å². The molecule has 0 unspecified atom stereocenters. The van der Waals surface area contributed by atoms with Crippen LogP contribution in [0, 0.1) is 5.82 Å². The maximum Gasteiger partial charge on any atom is 0.416 e. The quantitative estimate of drug-likeness (QED) is 0.237. The first kappa shape index (κ1) is 25.4. The average molecular weight is 568 g/mol. The summed E-state index contributed by atoms with van der Waals surface area (Å²) in [5, 5.41) is 0.0999. The smallest absolute Gasteiger partial charge is 0.238 e. The molecule has 1 aromatic heterocycles. The Balaban J connectivity index is 1.96. The Hall–Kier alpha value is -2.65. The topological polar surface area (TPSA) is 39.1 Å². The molecule has 3 nitrogen and oxygen atoms in total. The Labute approximate surface area is 209 Å². The molecule has 0 amide bonds. The molecule has 35 heavy (non-hydrogen) atoms. The van der Waals surface area contributed by atoms with E-state index >= 15 is 0 Å². The standard InChI is InChI=1S/C26H22BrF4NO2S/c1-25(2,3)18-5-4-6-22(14-18)35(33,34)32-21(12-16-7-9-20(27)15-23(16)28)13-17-11-19(26(29,30)31)8-10-24(17)32/h4-11,13-15H,12H2,1-3H3. The molecule has 0 spiro atoms. The molecule has 9 heteroatoms. The Morgan fingerprint density at radius 1 is 0.886 bits per heavy atom. The van der Waals surface area contributed by atoms with Crippen LogP contribution in [-0.2, 0) is 28.0 Å². The number of hydrogen-bond acceptors (Lipinski definition) is 2. The van der Waals surface area contributed by atoms with Crippen LogP contribution < -0.4 is 0 Å². The summed E-state index contributed by atoms with van der Waals surface area (Å²) in [7, 11) is -4.22. The van der Waals surface area contributed by atoms with Gasteiger partial charge in [-0.1, -0.05) is 54.9 Å². The van der Waals surface area contributed by atoms with E-state index < -0.39 is 27.6 Å². The summed E-state index contributed by atoms with van der Waals surface area (Å²) in [6, 6.07) is 15.1. The van der Waals surface area contributed by atoms with Crippen LogP contribution >= 0.6 is 15.9 Å². The second-order valence-corrected chi connectivity index (χ2v) is 12.1. The van der Waals surface area contributed by atoms with Crippen molar-refractivity contribution in [3.8, 4) is 0 Å². The molecule has 0 radical (unpaired) electrons. The minimum absolute atomic E-state index is 0.000138. The maximum atomic E-state index is 14.6. The Morgan fingerprint density at radius 3 is 2.23 bits per heavy atom. The molecule has 4 rings (SSSR count). The predicted octanol–water partition coefficient (Wildman–Crippen LogP) is 7.69. The maximum absolute atomic E-state index is 14.6. The van der Waals surface area contributed by atoms with Crippen LogP contribution in [0.1, 0.15) is 43.2 Å². The van der Waals surface area contributed by atoms with Gasteiger partial charge in [0.15, 0.2) is 0 Å². The molecule has 0 saturated carbocycles. The zero-order valence-electron chi connectivity index (χ0n) is 19.1. The molecule has 0 saturated heterocycles. The molecule has 0 bridgehead atoms. The largest absolute Gasteiger partial charge is 0.416 e. The Morgan fingerprint density at radius 2 is 1.60 bits per heavy atom. The summed E-state index contributed by atoms with van der Waals surface area (Å²) in [4.78, 5) is -0.000138. The number of nitrogens with zero attached hydrogens (tertiary/aromatic N) is 1. The predicted molar refractivity (Wildman–Crippen MR) is 132 cm³/mol. The summed E-state index contributed by atoms with van der Waals surface area (Å²) in [6.45, 7) is 5.85. The van der Waals surface area contributed by atoms with Crippen molar-refractivity contribution in [3.63, 3.8) is 0 Å². The molecule has 1 heterocycles. The monoisotopic (exact) mass is 567 g/mol. The highest BCUT2D eigenvalue weighted by Crippen LogP contribution is 2.35. The van der Waals surface area contributed by atoms with Crippen LogP contribution in [0.3, 0.4) is 0 Å². The molecular weight excluding hydrogens is 546 g/mol. The number of alkyl halides is 3. The fourth-order valence-electron chi connectivity index (χ4n) is 3.92. The van der Waals surface area contributed by atoms with Crippen LogP contribution in [0.5, 0.6) is 0 Å². The molecule has 0 aliphatic heterocycles. The van der Waals surface area contributed by atoms with Gasteiger partial charge in [0.2, 0.25) is 0 Å². The van der Waals surface area contributed by atoms with Gasteiger partial charge in [0, 0.05) is 22.0 Å². The van der Waals surface area contributed by atoms with Gasteiger partial charge in [0.1, 0.15) is 5.82 Å². The van der Waals surface area contributed by atoms with Gasteiger partial charge >= 0.3 is 6.18 Å². The van der Waals surface area contributed by atoms with Crippen LogP contribution in [0.15, 0.2) is 76.1 Å². The first-order valence-electron chi connectivity index (χ1n) is 10.7. The number of halogens is 5. The third-order valence-corrected chi connectivity index (χ3v) is 8.04. The molecule has 0 aliphatic rings.